The van der Waals surface area contributed by atoms with Crippen molar-refractivity contribution in [3.05, 3.63) is 0 Å². The summed E-state index contributed by atoms with van der Waals surface area (Å²) in [5.41, 5.74) is 0. The molecule has 0 spiro atoms. The number of amides is 2. The topological polar surface area (TPSA) is 38.8 Å². The fraction of sp³-hybridized carbons (Fsp3) is 0.929. The van der Waals surface area contributed by atoms with Crippen LogP contribution < -0.4 is 5.32 Å². The minimum atomic E-state index is 0.199. The van der Waals surface area contributed by atoms with Crippen LogP contribution in [0.2, 0.25) is 0 Å². The zero-order chi connectivity index (χ0) is 14.0. The molecule has 0 bridgehead atoms. The van der Waals surface area contributed by atoms with Crippen molar-refractivity contribution in [2.24, 2.45) is 5.92 Å². The molecule has 0 aliphatic carbocycles. The quantitative estimate of drug-likeness (QED) is 0.814. The molecule has 2 aliphatic heterocycles. The van der Waals surface area contributed by atoms with E-state index in [1.54, 1.807) is 0 Å². The Balaban J connectivity index is 1.92. The van der Waals surface area contributed by atoms with Crippen molar-refractivity contribution in [3.8, 4) is 0 Å². The highest BCUT2D eigenvalue weighted by atomic mass is 16.2. The highest BCUT2D eigenvalue weighted by Gasteiger charge is 2.36. The minimum Gasteiger partial charge on any atom is -0.323 e. The van der Waals surface area contributed by atoms with E-state index in [0.717, 1.165) is 39.1 Å². The van der Waals surface area contributed by atoms with Gasteiger partial charge in [0, 0.05) is 45.8 Å². The number of nitrogens with zero attached hydrogens (tertiary/aromatic N) is 3. The first-order chi connectivity index (χ1) is 8.99. The highest BCUT2D eigenvalue weighted by molar-refractivity contribution is 5.76. The van der Waals surface area contributed by atoms with E-state index in [1.165, 1.54) is 0 Å². The zero-order valence-corrected chi connectivity index (χ0v) is 12.7. The predicted molar refractivity (Wildman–Crippen MR) is 77.3 cm³/mol. The third-order valence-corrected chi connectivity index (χ3v) is 4.37. The largest absolute Gasteiger partial charge is 0.323 e. The van der Waals surface area contributed by atoms with Gasteiger partial charge in [-0.05, 0) is 19.4 Å². The normalized spacial score (nSPS) is 29.6. The molecule has 19 heavy (non-hydrogen) atoms. The molecule has 0 aromatic heterocycles. The van der Waals surface area contributed by atoms with Crippen LogP contribution >= 0.6 is 0 Å². The number of carbonyl (C=O) groups is 1. The Bertz CT molecular complexity index is 321. The Kier molecular flexibility index (Phi) is 4.68. The summed E-state index contributed by atoms with van der Waals surface area (Å²) in [6, 6.07) is 1.03. The van der Waals surface area contributed by atoms with Crippen LogP contribution in [-0.4, -0.2) is 79.6 Å². The Hall–Kier alpha value is -0.810. The number of rotatable bonds is 4. The molecule has 0 aromatic carbocycles. The van der Waals surface area contributed by atoms with Crippen molar-refractivity contribution in [2.45, 2.75) is 32.4 Å². The molecule has 110 valence electrons. The zero-order valence-electron chi connectivity index (χ0n) is 12.7. The fourth-order valence-corrected chi connectivity index (χ4v) is 3.08. The van der Waals surface area contributed by atoms with Gasteiger partial charge in [0.2, 0.25) is 0 Å². The summed E-state index contributed by atoms with van der Waals surface area (Å²) in [6.45, 7) is 9.28. The lowest BCUT2D eigenvalue weighted by molar-refractivity contribution is 0.150. The van der Waals surface area contributed by atoms with Crippen molar-refractivity contribution >= 4 is 6.03 Å². The maximum absolute atomic E-state index is 12.3. The highest BCUT2D eigenvalue weighted by Crippen LogP contribution is 2.21. The van der Waals surface area contributed by atoms with Gasteiger partial charge in [0.25, 0.3) is 0 Å². The van der Waals surface area contributed by atoms with Gasteiger partial charge >= 0.3 is 6.03 Å². The lowest BCUT2D eigenvalue weighted by Gasteiger charge is -2.35. The number of urea groups is 1. The van der Waals surface area contributed by atoms with Gasteiger partial charge in [-0.15, -0.1) is 0 Å². The van der Waals surface area contributed by atoms with Crippen molar-refractivity contribution in [1.29, 1.82) is 0 Å². The lowest BCUT2D eigenvalue weighted by Crippen LogP contribution is -2.54. The van der Waals surface area contributed by atoms with Crippen molar-refractivity contribution < 1.29 is 4.79 Å². The molecule has 0 saturated carbocycles. The van der Waals surface area contributed by atoms with E-state index in [-0.39, 0.29) is 6.03 Å². The Morgan fingerprint density at radius 1 is 1.32 bits per heavy atom. The SMILES string of the molecule is CC(C)CC1CN(CC2CNCCN2C)C(=O)N1C. The second-order valence-corrected chi connectivity index (χ2v) is 6.42. The van der Waals surface area contributed by atoms with Gasteiger partial charge in [-0.25, -0.2) is 4.79 Å². The summed E-state index contributed by atoms with van der Waals surface area (Å²) in [4.78, 5) is 18.6. The van der Waals surface area contributed by atoms with E-state index >= 15 is 0 Å². The van der Waals surface area contributed by atoms with Crippen LogP contribution in [0, 0.1) is 5.92 Å². The molecular formula is C14H28N4O. The van der Waals surface area contributed by atoms with E-state index in [9.17, 15) is 4.79 Å². The summed E-state index contributed by atoms with van der Waals surface area (Å²) >= 11 is 0. The number of nitrogens with one attached hydrogen (secondary N) is 1. The van der Waals surface area contributed by atoms with Crippen molar-refractivity contribution in [1.82, 2.24) is 20.0 Å². The van der Waals surface area contributed by atoms with Crippen LogP contribution in [0.1, 0.15) is 20.3 Å². The van der Waals surface area contributed by atoms with Crippen molar-refractivity contribution in [3.63, 3.8) is 0 Å². The van der Waals surface area contributed by atoms with Crippen LogP contribution in [0.3, 0.4) is 0 Å². The Morgan fingerprint density at radius 3 is 2.68 bits per heavy atom. The van der Waals surface area contributed by atoms with Crippen LogP contribution in [-0.2, 0) is 0 Å². The maximum atomic E-state index is 12.3. The third-order valence-electron chi connectivity index (χ3n) is 4.37. The van der Waals surface area contributed by atoms with E-state index in [1.807, 2.05) is 16.8 Å². The molecule has 2 atom stereocenters. The standard InChI is InChI=1S/C14H28N4O/c1-11(2)7-12-9-18(14(19)17(12)4)10-13-8-15-5-6-16(13)3/h11-13,15H,5-10H2,1-4H3. The van der Waals surface area contributed by atoms with Gasteiger partial charge in [0.15, 0.2) is 0 Å². The first-order valence-corrected chi connectivity index (χ1v) is 7.41. The monoisotopic (exact) mass is 268 g/mol. The Labute approximate surface area is 116 Å². The molecule has 2 amide bonds. The molecule has 5 nitrogen and oxygen atoms in total. The predicted octanol–water partition coefficient (Wildman–Crippen LogP) is 0.672. The number of piperazine rings is 1. The van der Waals surface area contributed by atoms with Gasteiger partial charge in [-0.3, -0.25) is 4.90 Å². The number of hydrogen-bond acceptors (Lipinski definition) is 3. The third kappa shape index (κ3) is 3.39. The molecule has 2 aliphatic rings. The number of likely N-dealkylation sites (N-methyl/N-ethyl adjacent to an activating group) is 2. The molecule has 5 heteroatoms. The van der Waals surface area contributed by atoms with Crippen LogP contribution in [0.5, 0.6) is 0 Å². The fourth-order valence-electron chi connectivity index (χ4n) is 3.08. The molecule has 0 aromatic rings. The summed E-state index contributed by atoms with van der Waals surface area (Å²) in [5, 5.41) is 3.42. The maximum Gasteiger partial charge on any atom is 0.320 e. The smallest absolute Gasteiger partial charge is 0.320 e. The molecule has 2 fully saturated rings. The van der Waals surface area contributed by atoms with E-state index < -0.39 is 0 Å². The van der Waals surface area contributed by atoms with Gasteiger partial charge < -0.3 is 15.1 Å². The Morgan fingerprint density at radius 2 is 2.05 bits per heavy atom. The first kappa shape index (κ1) is 14.6. The van der Waals surface area contributed by atoms with E-state index in [0.29, 0.717) is 18.0 Å². The summed E-state index contributed by atoms with van der Waals surface area (Å²) in [7, 11) is 4.10. The average molecular weight is 268 g/mol. The van der Waals surface area contributed by atoms with Crippen LogP contribution in [0.15, 0.2) is 0 Å². The molecule has 2 saturated heterocycles. The van der Waals surface area contributed by atoms with E-state index in [4.69, 9.17) is 0 Å². The number of hydrogen-bond donors (Lipinski definition) is 1. The molecule has 0 radical (unpaired) electrons. The minimum absolute atomic E-state index is 0.199. The molecule has 1 N–H and O–H groups in total. The summed E-state index contributed by atoms with van der Waals surface area (Å²) < 4.78 is 0. The number of carbonyl (C=O) groups excluding carboxylic acids is 1. The molecular weight excluding hydrogens is 240 g/mol. The van der Waals surface area contributed by atoms with E-state index in [2.05, 4.69) is 31.1 Å². The molecule has 2 rings (SSSR count). The summed E-state index contributed by atoms with van der Waals surface area (Å²) in [5.74, 6) is 0.638. The second-order valence-electron chi connectivity index (χ2n) is 6.42. The average Bonchev–Trinajstić information content (AvgIpc) is 2.60. The van der Waals surface area contributed by atoms with Gasteiger partial charge in [-0.1, -0.05) is 13.8 Å². The first-order valence-electron chi connectivity index (χ1n) is 7.41. The lowest BCUT2D eigenvalue weighted by atomic mass is 10.0. The second kappa shape index (κ2) is 6.09. The van der Waals surface area contributed by atoms with Crippen molar-refractivity contribution in [2.75, 3.05) is 46.8 Å². The van der Waals surface area contributed by atoms with Gasteiger partial charge in [0.05, 0.1) is 6.04 Å². The van der Waals surface area contributed by atoms with Crippen LogP contribution in [0.25, 0.3) is 0 Å². The van der Waals surface area contributed by atoms with Gasteiger partial charge in [-0.2, -0.15) is 0 Å². The summed E-state index contributed by atoms with van der Waals surface area (Å²) in [6.07, 6.45) is 1.09. The van der Waals surface area contributed by atoms with Crippen LogP contribution in [0.4, 0.5) is 4.79 Å². The molecule has 2 unspecified atom stereocenters. The molecule has 2 heterocycles. The van der Waals surface area contributed by atoms with Gasteiger partial charge in [0.1, 0.15) is 0 Å².